The standard InChI is InChI=1S/C33H40O6/c1-3-4-27-16-31(39-21-38-12-11-37-2)29(33-18-23-13-24(19-33)15-25(14-23)20-33)17-28(27)30(34)10-7-22-5-8-26(9-6-22)32(35)36/h5-10,16-17,23-25H,3-4,11-15,18-21H2,1-2H3,(H,35,36)/b10-7+. The van der Waals surface area contributed by atoms with Gasteiger partial charge in [-0.15, -0.1) is 0 Å². The minimum atomic E-state index is -0.963. The Morgan fingerprint density at radius 1 is 1.00 bits per heavy atom. The van der Waals surface area contributed by atoms with Gasteiger partial charge in [0.1, 0.15) is 5.75 Å². The van der Waals surface area contributed by atoms with Crippen LogP contribution in [-0.4, -0.2) is 44.0 Å². The fourth-order valence-electron chi connectivity index (χ4n) is 7.61. The Hall–Kier alpha value is -2.96. The van der Waals surface area contributed by atoms with Crippen LogP contribution in [0.15, 0.2) is 42.5 Å². The Labute approximate surface area is 231 Å². The molecule has 2 aromatic carbocycles. The molecule has 6 heteroatoms. The predicted molar refractivity (Wildman–Crippen MR) is 150 cm³/mol. The molecule has 0 aromatic heterocycles. The predicted octanol–water partition coefficient (Wildman–Crippen LogP) is 6.70. The van der Waals surface area contributed by atoms with Crippen LogP contribution < -0.4 is 4.74 Å². The second-order valence-corrected chi connectivity index (χ2v) is 11.7. The molecule has 39 heavy (non-hydrogen) atoms. The number of ether oxygens (including phenoxy) is 3. The fraction of sp³-hybridized carbons (Fsp3) is 0.515. The number of carboxylic acids is 1. The van der Waals surface area contributed by atoms with E-state index in [-0.39, 0.29) is 23.6 Å². The quantitative estimate of drug-likeness (QED) is 0.134. The number of carbonyl (C=O) groups excluding carboxylic acids is 1. The fourth-order valence-corrected chi connectivity index (χ4v) is 7.61. The number of carbonyl (C=O) groups is 2. The van der Waals surface area contributed by atoms with Crippen LogP contribution in [0.2, 0.25) is 0 Å². The van der Waals surface area contributed by atoms with Crippen molar-refractivity contribution < 1.29 is 28.9 Å². The molecule has 208 valence electrons. The normalized spacial score (nSPS) is 25.3. The first kappa shape index (κ1) is 27.6. The lowest BCUT2D eigenvalue weighted by atomic mass is 9.48. The third kappa shape index (κ3) is 6.12. The Kier molecular flexibility index (Phi) is 8.53. The summed E-state index contributed by atoms with van der Waals surface area (Å²) in [6.07, 6.45) is 12.6. The number of rotatable bonds is 13. The molecule has 0 radical (unpaired) electrons. The molecule has 6 rings (SSSR count). The Bertz CT molecular complexity index is 1180. The Balaban J connectivity index is 1.48. The van der Waals surface area contributed by atoms with E-state index in [2.05, 4.69) is 19.1 Å². The van der Waals surface area contributed by atoms with Gasteiger partial charge >= 0.3 is 5.97 Å². The minimum Gasteiger partial charge on any atom is -0.478 e. The number of hydrogen-bond acceptors (Lipinski definition) is 5. The van der Waals surface area contributed by atoms with E-state index in [1.807, 2.05) is 0 Å². The lowest BCUT2D eigenvalue weighted by Gasteiger charge is -2.57. The molecule has 0 aliphatic heterocycles. The van der Waals surface area contributed by atoms with Crippen molar-refractivity contribution in [3.63, 3.8) is 0 Å². The molecule has 6 nitrogen and oxygen atoms in total. The molecule has 1 N–H and O–H groups in total. The van der Waals surface area contributed by atoms with E-state index in [0.717, 1.165) is 53.0 Å². The number of ketones is 1. The van der Waals surface area contributed by atoms with Crippen molar-refractivity contribution >= 4 is 17.8 Å². The van der Waals surface area contributed by atoms with Crippen molar-refractivity contribution in [3.8, 4) is 5.75 Å². The van der Waals surface area contributed by atoms with E-state index < -0.39 is 5.97 Å². The van der Waals surface area contributed by atoms with Crippen molar-refractivity contribution in [2.45, 2.75) is 63.7 Å². The molecule has 0 heterocycles. The molecule has 0 spiro atoms. The van der Waals surface area contributed by atoms with Crippen LogP contribution >= 0.6 is 0 Å². The van der Waals surface area contributed by atoms with Crippen molar-refractivity contribution in [3.05, 3.63) is 70.3 Å². The van der Waals surface area contributed by atoms with Gasteiger partial charge in [-0.05, 0) is 110 Å². The second kappa shape index (κ2) is 12.1. The zero-order valence-corrected chi connectivity index (χ0v) is 23.1. The van der Waals surface area contributed by atoms with Crippen LogP contribution in [0, 0.1) is 17.8 Å². The average molecular weight is 533 g/mol. The highest BCUT2D eigenvalue weighted by molar-refractivity contribution is 6.08. The number of methoxy groups -OCH3 is 1. The minimum absolute atomic E-state index is 0.0327. The molecule has 4 aliphatic carbocycles. The summed E-state index contributed by atoms with van der Waals surface area (Å²) in [7, 11) is 1.65. The number of aryl methyl sites for hydroxylation is 1. The van der Waals surface area contributed by atoms with E-state index in [4.69, 9.17) is 19.3 Å². The average Bonchev–Trinajstić information content (AvgIpc) is 2.91. The largest absolute Gasteiger partial charge is 0.478 e. The van der Waals surface area contributed by atoms with E-state index in [1.165, 1.54) is 44.1 Å². The van der Waals surface area contributed by atoms with Crippen molar-refractivity contribution in [1.29, 1.82) is 0 Å². The van der Waals surface area contributed by atoms with Crippen LogP contribution in [0.3, 0.4) is 0 Å². The third-order valence-corrected chi connectivity index (χ3v) is 8.91. The smallest absolute Gasteiger partial charge is 0.335 e. The summed E-state index contributed by atoms with van der Waals surface area (Å²) in [5.41, 5.74) is 4.00. The summed E-state index contributed by atoms with van der Waals surface area (Å²) in [4.78, 5) is 24.8. The zero-order valence-electron chi connectivity index (χ0n) is 23.1. The van der Waals surface area contributed by atoms with E-state index in [9.17, 15) is 9.59 Å². The van der Waals surface area contributed by atoms with Crippen LogP contribution in [0.4, 0.5) is 0 Å². The monoisotopic (exact) mass is 532 g/mol. The van der Waals surface area contributed by atoms with Gasteiger partial charge in [0.2, 0.25) is 0 Å². The van der Waals surface area contributed by atoms with Gasteiger partial charge in [-0.1, -0.05) is 31.6 Å². The molecule has 0 unspecified atom stereocenters. The van der Waals surface area contributed by atoms with E-state index >= 15 is 0 Å². The molecule has 4 bridgehead atoms. The highest BCUT2D eigenvalue weighted by Gasteiger charge is 2.52. The van der Waals surface area contributed by atoms with Crippen LogP contribution in [-0.2, 0) is 21.3 Å². The maximum atomic E-state index is 13.7. The van der Waals surface area contributed by atoms with E-state index in [0.29, 0.717) is 13.2 Å². The topological polar surface area (TPSA) is 82.1 Å². The molecule has 4 aliphatic rings. The van der Waals surface area contributed by atoms with Gasteiger partial charge in [0.25, 0.3) is 0 Å². The summed E-state index contributed by atoms with van der Waals surface area (Å²) in [6.45, 7) is 3.27. The molecule has 0 saturated heterocycles. The lowest BCUT2D eigenvalue weighted by Crippen LogP contribution is -2.48. The van der Waals surface area contributed by atoms with Gasteiger partial charge in [0, 0.05) is 18.2 Å². The van der Waals surface area contributed by atoms with Crippen molar-refractivity contribution in [2.24, 2.45) is 17.8 Å². The first-order valence-corrected chi connectivity index (χ1v) is 14.3. The number of hydrogen-bond donors (Lipinski definition) is 1. The second-order valence-electron chi connectivity index (χ2n) is 11.7. The maximum absolute atomic E-state index is 13.7. The third-order valence-electron chi connectivity index (χ3n) is 8.91. The highest BCUT2D eigenvalue weighted by atomic mass is 16.7. The summed E-state index contributed by atoms with van der Waals surface area (Å²) < 4.78 is 17.1. The summed E-state index contributed by atoms with van der Waals surface area (Å²) in [5.74, 6) is 2.17. The summed E-state index contributed by atoms with van der Waals surface area (Å²) in [6, 6.07) is 10.8. The van der Waals surface area contributed by atoms with Crippen LogP contribution in [0.1, 0.15) is 89.3 Å². The number of carboxylic acid groups (broad SMARTS) is 1. The molecule has 2 aromatic rings. The summed E-state index contributed by atoms with van der Waals surface area (Å²) in [5, 5.41) is 9.16. The first-order valence-electron chi connectivity index (χ1n) is 14.3. The van der Waals surface area contributed by atoms with E-state index in [1.54, 1.807) is 43.5 Å². The molecule has 0 atom stereocenters. The summed E-state index contributed by atoms with van der Waals surface area (Å²) >= 11 is 0. The number of benzene rings is 2. The number of allylic oxidation sites excluding steroid dienone is 1. The first-order chi connectivity index (χ1) is 18.9. The van der Waals surface area contributed by atoms with Crippen LogP contribution in [0.25, 0.3) is 6.08 Å². The molecular formula is C33H40O6. The molecular weight excluding hydrogens is 492 g/mol. The molecule has 4 fully saturated rings. The maximum Gasteiger partial charge on any atom is 0.335 e. The number of aromatic carboxylic acids is 1. The zero-order chi connectivity index (χ0) is 27.4. The van der Waals surface area contributed by atoms with Crippen LogP contribution in [0.5, 0.6) is 5.75 Å². The van der Waals surface area contributed by atoms with Gasteiger partial charge in [-0.25, -0.2) is 4.79 Å². The molecule has 4 saturated carbocycles. The van der Waals surface area contributed by atoms with Gasteiger partial charge in [0.05, 0.1) is 18.8 Å². The van der Waals surface area contributed by atoms with Crippen molar-refractivity contribution in [1.82, 2.24) is 0 Å². The molecule has 0 amide bonds. The van der Waals surface area contributed by atoms with Crippen molar-refractivity contribution in [2.75, 3.05) is 27.1 Å². The Morgan fingerprint density at radius 3 is 2.26 bits per heavy atom. The van der Waals surface area contributed by atoms with Gasteiger partial charge in [-0.2, -0.15) is 0 Å². The van der Waals surface area contributed by atoms with Gasteiger partial charge < -0.3 is 19.3 Å². The van der Waals surface area contributed by atoms with Gasteiger partial charge in [-0.3, -0.25) is 4.79 Å². The van der Waals surface area contributed by atoms with Gasteiger partial charge in [0.15, 0.2) is 12.6 Å². The SMILES string of the molecule is CCCc1cc(OCOCCOC)c(C23CC4CC(CC(C4)C2)C3)cc1C(=O)/C=C/c1ccc(C(=O)O)cc1. The Morgan fingerprint density at radius 2 is 1.67 bits per heavy atom. The lowest BCUT2D eigenvalue weighted by molar-refractivity contribution is -0.0190. The highest BCUT2D eigenvalue weighted by Crippen LogP contribution is 2.62.